The number of hydrogen-bond donors (Lipinski definition) is 0. The molecule has 0 aliphatic heterocycles. The standard InChI is InChI=1S/C68H43NS/c1-3-18-45(19-4-1)67(46-20-5-2-6-21-46)59-29-12-7-24-53(59)55-40-38-48(42-63(55)67)69(47-36-34-44(35-37-47)50-27-17-28-58-57-26-11-16-33-65(57)70-66(50)58)49-39-41-56-54-25-10-15-32-62(54)68(64(56)43-49)60-30-13-8-22-51(60)52-23-9-14-31-61(52)68/h1-43H. The lowest BCUT2D eigenvalue weighted by Gasteiger charge is -2.35. The Morgan fingerprint density at radius 3 is 1.21 bits per heavy atom. The van der Waals surface area contributed by atoms with Crippen molar-refractivity contribution in [2.75, 3.05) is 4.90 Å². The predicted molar refractivity (Wildman–Crippen MR) is 293 cm³/mol. The highest BCUT2D eigenvalue weighted by Crippen LogP contribution is 2.64. The molecule has 1 aromatic heterocycles. The monoisotopic (exact) mass is 905 g/mol. The zero-order chi connectivity index (χ0) is 46.0. The quantitative estimate of drug-likeness (QED) is 0.161. The van der Waals surface area contributed by atoms with Crippen molar-refractivity contribution in [1.29, 1.82) is 0 Å². The molecule has 1 spiro atoms. The van der Waals surface area contributed by atoms with Crippen molar-refractivity contribution in [3.63, 3.8) is 0 Å². The summed E-state index contributed by atoms with van der Waals surface area (Å²) in [5.41, 5.74) is 23.0. The normalized spacial score (nSPS) is 13.9. The summed E-state index contributed by atoms with van der Waals surface area (Å²) in [6, 6.07) is 98.0. The van der Waals surface area contributed by atoms with Gasteiger partial charge in [0, 0.05) is 37.2 Å². The van der Waals surface area contributed by atoms with Gasteiger partial charge in [0.05, 0.1) is 10.8 Å². The van der Waals surface area contributed by atoms with Gasteiger partial charge >= 0.3 is 0 Å². The summed E-state index contributed by atoms with van der Waals surface area (Å²) in [6.07, 6.45) is 0. The zero-order valence-electron chi connectivity index (χ0n) is 38.2. The van der Waals surface area contributed by atoms with E-state index in [0.29, 0.717) is 0 Å². The van der Waals surface area contributed by atoms with Crippen LogP contribution in [0.25, 0.3) is 64.7 Å². The summed E-state index contributed by atoms with van der Waals surface area (Å²) < 4.78 is 2.64. The van der Waals surface area contributed by atoms with Crippen LogP contribution >= 0.6 is 11.3 Å². The van der Waals surface area contributed by atoms with Crippen LogP contribution in [0.4, 0.5) is 17.1 Å². The molecule has 0 saturated carbocycles. The molecule has 1 nitrogen and oxygen atoms in total. The van der Waals surface area contributed by atoms with Crippen molar-refractivity contribution in [2.45, 2.75) is 10.8 Å². The van der Waals surface area contributed by atoms with E-state index in [-0.39, 0.29) is 0 Å². The minimum Gasteiger partial charge on any atom is -0.310 e. The number of hydrogen-bond acceptors (Lipinski definition) is 2. The Balaban J connectivity index is 0.982. The van der Waals surface area contributed by atoms with Crippen LogP contribution in [0.15, 0.2) is 261 Å². The van der Waals surface area contributed by atoms with Gasteiger partial charge in [-0.15, -0.1) is 11.3 Å². The topological polar surface area (TPSA) is 3.24 Å². The van der Waals surface area contributed by atoms with E-state index in [1.807, 2.05) is 11.3 Å². The Hall–Kier alpha value is -8.56. The van der Waals surface area contributed by atoms with Crippen LogP contribution in [0, 0.1) is 0 Å². The predicted octanol–water partition coefficient (Wildman–Crippen LogP) is 17.9. The molecule has 0 fully saturated rings. The van der Waals surface area contributed by atoms with Crippen molar-refractivity contribution in [2.24, 2.45) is 0 Å². The summed E-state index contributed by atoms with van der Waals surface area (Å²) in [5.74, 6) is 0. The van der Waals surface area contributed by atoms with Gasteiger partial charge in [-0.25, -0.2) is 0 Å². The number of thiophene rings is 1. The molecule has 0 bridgehead atoms. The fraction of sp³-hybridized carbons (Fsp3) is 0.0294. The van der Waals surface area contributed by atoms with Crippen molar-refractivity contribution in [1.82, 2.24) is 0 Å². The fourth-order valence-corrected chi connectivity index (χ4v) is 14.2. The van der Waals surface area contributed by atoms with Gasteiger partial charge in [-0.3, -0.25) is 0 Å². The van der Waals surface area contributed by atoms with Crippen LogP contribution in [0.2, 0.25) is 0 Å². The van der Waals surface area contributed by atoms with E-state index in [9.17, 15) is 0 Å². The second-order valence-corrected chi connectivity index (χ2v) is 20.1. The Morgan fingerprint density at radius 1 is 0.271 bits per heavy atom. The van der Waals surface area contributed by atoms with E-state index >= 15 is 0 Å². The third-order valence-corrected chi connectivity index (χ3v) is 17.0. The van der Waals surface area contributed by atoms with Crippen molar-refractivity contribution in [3.05, 3.63) is 305 Å². The van der Waals surface area contributed by atoms with E-state index in [0.717, 1.165) is 17.1 Å². The minimum absolute atomic E-state index is 0.469. The molecule has 0 atom stereocenters. The largest absolute Gasteiger partial charge is 0.310 e. The molecule has 0 N–H and O–H groups in total. The molecule has 15 rings (SSSR count). The summed E-state index contributed by atoms with van der Waals surface area (Å²) in [5, 5.41) is 2.63. The summed E-state index contributed by atoms with van der Waals surface area (Å²) in [7, 11) is 0. The van der Waals surface area contributed by atoms with Crippen LogP contribution in [0.3, 0.4) is 0 Å². The van der Waals surface area contributed by atoms with Crippen molar-refractivity contribution >= 4 is 48.6 Å². The van der Waals surface area contributed by atoms with Gasteiger partial charge < -0.3 is 4.90 Å². The highest BCUT2D eigenvalue weighted by molar-refractivity contribution is 7.26. The average Bonchev–Trinajstić information content (AvgIpc) is 4.14. The number of fused-ring (bicyclic) bond motifs is 16. The van der Waals surface area contributed by atoms with Gasteiger partial charge in [0.2, 0.25) is 0 Å². The molecule has 0 unspecified atom stereocenters. The molecule has 3 aliphatic carbocycles. The van der Waals surface area contributed by atoms with Gasteiger partial charge in [-0.1, -0.05) is 218 Å². The maximum Gasteiger partial charge on any atom is 0.0726 e. The second-order valence-electron chi connectivity index (χ2n) is 19.0. The molecular weight excluding hydrogens is 863 g/mol. The number of rotatable bonds is 6. The molecule has 70 heavy (non-hydrogen) atoms. The van der Waals surface area contributed by atoms with Gasteiger partial charge in [0.1, 0.15) is 0 Å². The highest BCUT2D eigenvalue weighted by atomic mass is 32.1. The van der Waals surface area contributed by atoms with Crippen LogP contribution in [-0.2, 0) is 10.8 Å². The smallest absolute Gasteiger partial charge is 0.0726 e. The van der Waals surface area contributed by atoms with E-state index in [1.165, 1.54) is 109 Å². The number of nitrogens with zero attached hydrogens (tertiary/aromatic N) is 1. The number of benzene rings is 11. The Morgan fingerprint density at radius 2 is 0.671 bits per heavy atom. The van der Waals surface area contributed by atoms with Crippen LogP contribution < -0.4 is 4.90 Å². The first-order valence-electron chi connectivity index (χ1n) is 24.3. The second kappa shape index (κ2) is 15.0. The lowest BCUT2D eigenvalue weighted by molar-refractivity contribution is 0.768. The molecule has 1 heterocycles. The van der Waals surface area contributed by atoms with Crippen LogP contribution in [-0.4, -0.2) is 0 Å². The first kappa shape index (κ1) is 39.4. The average molecular weight is 906 g/mol. The van der Waals surface area contributed by atoms with Crippen LogP contribution in [0.5, 0.6) is 0 Å². The summed E-state index contributed by atoms with van der Waals surface area (Å²) >= 11 is 1.88. The molecule has 326 valence electrons. The Bertz CT molecular complexity index is 3860. The molecule has 12 aromatic rings. The molecule has 11 aromatic carbocycles. The maximum absolute atomic E-state index is 2.52. The van der Waals surface area contributed by atoms with E-state index in [4.69, 9.17) is 0 Å². The third-order valence-electron chi connectivity index (χ3n) is 15.8. The fourth-order valence-electron chi connectivity index (χ4n) is 13.0. The first-order chi connectivity index (χ1) is 34.7. The lowest BCUT2D eigenvalue weighted by Crippen LogP contribution is -2.28. The molecule has 0 amide bonds. The van der Waals surface area contributed by atoms with Crippen molar-refractivity contribution in [3.8, 4) is 44.5 Å². The van der Waals surface area contributed by atoms with Gasteiger partial charge in [0.15, 0.2) is 0 Å². The maximum atomic E-state index is 2.52. The van der Waals surface area contributed by atoms with Gasteiger partial charge in [-0.05, 0) is 131 Å². The van der Waals surface area contributed by atoms with E-state index < -0.39 is 10.8 Å². The molecule has 0 saturated heterocycles. The Labute approximate surface area is 411 Å². The summed E-state index contributed by atoms with van der Waals surface area (Å²) in [4.78, 5) is 2.51. The Kier molecular flexibility index (Phi) is 8.43. The molecule has 3 aliphatic rings. The number of anilines is 3. The SMILES string of the molecule is c1ccc(C2(c3ccccc3)c3ccccc3-c3ccc(N(c4ccc(-c5cccc6c5sc5ccccc56)cc4)c4ccc5c(c4)C4(c6ccccc6-c6ccccc64)c4ccccc4-5)cc32)cc1. The molecule has 2 heteroatoms. The zero-order valence-corrected chi connectivity index (χ0v) is 39.0. The first-order valence-corrected chi connectivity index (χ1v) is 25.1. The summed E-state index contributed by atoms with van der Waals surface area (Å²) in [6.45, 7) is 0. The molecular formula is C68H43NS. The lowest BCUT2D eigenvalue weighted by atomic mass is 9.67. The van der Waals surface area contributed by atoms with E-state index in [2.05, 4.69) is 266 Å². The van der Waals surface area contributed by atoms with Crippen molar-refractivity contribution < 1.29 is 0 Å². The minimum atomic E-state index is -0.538. The highest BCUT2D eigenvalue weighted by Gasteiger charge is 2.52. The van der Waals surface area contributed by atoms with E-state index in [1.54, 1.807) is 0 Å². The molecule has 0 radical (unpaired) electrons. The third kappa shape index (κ3) is 5.26. The van der Waals surface area contributed by atoms with Gasteiger partial charge in [0.25, 0.3) is 0 Å². The van der Waals surface area contributed by atoms with Gasteiger partial charge in [-0.2, -0.15) is 0 Å². The van der Waals surface area contributed by atoms with Crippen LogP contribution in [0.1, 0.15) is 44.5 Å².